The average molecular weight is 553 g/mol. The van der Waals surface area contributed by atoms with Crippen molar-refractivity contribution in [2.75, 3.05) is 39.0 Å². The van der Waals surface area contributed by atoms with Crippen LogP contribution in [0.2, 0.25) is 0 Å². The molecule has 1 aliphatic carbocycles. The van der Waals surface area contributed by atoms with E-state index in [2.05, 4.69) is 10.6 Å². The lowest BCUT2D eigenvalue weighted by atomic mass is 10.1. The number of hydrogen-bond acceptors (Lipinski definition) is 5. The van der Waals surface area contributed by atoms with Crippen LogP contribution in [-0.2, 0) is 14.8 Å². The van der Waals surface area contributed by atoms with Gasteiger partial charge in [0.1, 0.15) is 11.9 Å². The molecule has 3 atom stereocenters. The number of halogens is 1. The molecule has 1 aliphatic heterocycles. The number of benzene rings is 3. The van der Waals surface area contributed by atoms with Crippen molar-refractivity contribution in [3.63, 3.8) is 0 Å². The highest BCUT2D eigenvalue weighted by Gasteiger charge is 2.38. The van der Waals surface area contributed by atoms with Crippen LogP contribution in [0.15, 0.2) is 66.7 Å². The number of carbonyl (C=O) groups is 2. The van der Waals surface area contributed by atoms with Gasteiger partial charge in [0.15, 0.2) is 0 Å². The van der Waals surface area contributed by atoms with E-state index in [4.69, 9.17) is 0 Å². The van der Waals surface area contributed by atoms with Crippen LogP contribution in [0.1, 0.15) is 34.7 Å². The Hall–Kier alpha value is -3.34. The van der Waals surface area contributed by atoms with Crippen LogP contribution >= 0.6 is 0 Å². The number of nitrogens with one attached hydrogen (secondary N) is 2. The highest BCUT2D eigenvalue weighted by atomic mass is 32.2. The van der Waals surface area contributed by atoms with Crippen LogP contribution in [0.3, 0.4) is 0 Å². The summed E-state index contributed by atoms with van der Waals surface area (Å²) in [6.45, 7) is 1.53. The minimum atomic E-state index is -3.32. The summed E-state index contributed by atoms with van der Waals surface area (Å²) in [4.78, 5) is 28.4. The molecule has 2 amide bonds. The molecule has 1 saturated carbocycles. The van der Waals surface area contributed by atoms with E-state index in [1.807, 2.05) is 36.4 Å². The molecule has 2 aliphatic rings. The van der Waals surface area contributed by atoms with Crippen molar-refractivity contribution in [3.05, 3.63) is 83.7 Å². The Morgan fingerprint density at radius 1 is 0.974 bits per heavy atom. The number of sulfonamides is 1. The molecule has 206 valence electrons. The molecule has 2 fully saturated rings. The molecule has 0 radical (unpaired) electrons. The van der Waals surface area contributed by atoms with Gasteiger partial charge in [0.05, 0.1) is 6.26 Å². The van der Waals surface area contributed by atoms with Crippen LogP contribution < -0.4 is 10.6 Å². The van der Waals surface area contributed by atoms with Crippen molar-refractivity contribution in [2.24, 2.45) is 0 Å². The molecule has 0 bridgehead atoms. The maximum atomic E-state index is 13.5. The topological polar surface area (TPSA) is 98.8 Å². The average Bonchev–Trinajstić information content (AvgIpc) is 3.71. The third-order valence-corrected chi connectivity index (χ3v) is 8.87. The summed E-state index contributed by atoms with van der Waals surface area (Å²) >= 11 is 0. The lowest BCUT2D eigenvalue weighted by molar-refractivity contribution is -0.134. The van der Waals surface area contributed by atoms with Gasteiger partial charge in [-0.15, -0.1) is 0 Å². The Labute approximate surface area is 228 Å². The second kappa shape index (κ2) is 11.4. The Morgan fingerprint density at radius 3 is 2.36 bits per heavy atom. The van der Waals surface area contributed by atoms with E-state index >= 15 is 0 Å². The molecule has 8 nitrogen and oxygen atoms in total. The van der Waals surface area contributed by atoms with E-state index in [9.17, 15) is 22.4 Å². The largest absolute Gasteiger partial charge is 0.340 e. The van der Waals surface area contributed by atoms with Crippen molar-refractivity contribution in [2.45, 2.75) is 30.8 Å². The van der Waals surface area contributed by atoms with Crippen LogP contribution in [-0.4, -0.2) is 80.5 Å². The van der Waals surface area contributed by atoms with Gasteiger partial charge in [-0.25, -0.2) is 12.8 Å². The minimum absolute atomic E-state index is 0.218. The molecule has 2 N–H and O–H groups in total. The van der Waals surface area contributed by atoms with Gasteiger partial charge in [-0.1, -0.05) is 42.5 Å². The highest BCUT2D eigenvalue weighted by Crippen LogP contribution is 2.40. The fourth-order valence-corrected chi connectivity index (χ4v) is 6.03. The Morgan fingerprint density at radius 2 is 1.67 bits per heavy atom. The van der Waals surface area contributed by atoms with Gasteiger partial charge in [0.25, 0.3) is 5.91 Å². The van der Waals surface area contributed by atoms with Crippen LogP contribution in [0.25, 0.3) is 10.8 Å². The highest BCUT2D eigenvalue weighted by molar-refractivity contribution is 7.88. The van der Waals surface area contributed by atoms with E-state index < -0.39 is 16.1 Å². The lowest BCUT2D eigenvalue weighted by Gasteiger charge is -2.35. The zero-order valence-corrected chi connectivity index (χ0v) is 22.7. The summed E-state index contributed by atoms with van der Waals surface area (Å²) in [5, 5.41) is 8.37. The van der Waals surface area contributed by atoms with Gasteiger partial charge in [0, 0.05) is 43.7 Å². The summed E-state index contributed by atoms with van der Waals surface area (Å²) < 4.78 is 38.4. The smallest absolute Gasteiger partial charge is 0.251 e. The Balaban J connectivity index is 1.24. The predicted octanol–water partition coefficient (Wildman–Crippen LogP) is 2.72. The summed E-state index contributed by atoms with van der Waals surface area (Å²) in [5.41, 5.74) is 1.55. The van der Waals surface area contributed by atoms with Crippen LogP contribution in [0.4, 0.5) is 4.39 Å². The van der Waals surface area contributed by atoms with Crippen molar-refractivity contribution in [1.29, 1.82) is 0 Å². The van der Waals surface area contributed by atoms with Gasteiger partial charge < -0.3 is 15.5 Å². The Kier molecular flexibility index (Phi) is 7.97. The summed E-state index contributed by atoms with van der Waals surface area (Å²) in [5.74, 6) is -0.504. The predicted molar refractivity (Wildman–Crippen MR) is 148 cm³/mol. The van der Waals surface area contributed by atoms with E-state index in [1.165, 1.54) is 22.7 Å². The first kappa shape index (κ1) is 27.2. The number of carbonyl (C=O) groups excluding carboxylic acids is 2. The number of amides is 2. The fraction of sp³-hybridized carbons (Fsp3) is 0.379. The normalized spacial score (nSPS) is 20.5. The molecule has 5 rings (SSSR count). The zero-order chi connectivity index (χ0) is 27.6. The zero-order valence-electron chi connectivity index (χ0n) is 21.8. The lowest BCUT2D eigenvalue weighted by Crippen LogP contribution is -2.56. The third-order valence-electron chi connectivity index (χ3n) is 7.56. The minimum Gasteiger partial charge on any atom is -0.340 e. The SMILES string of the molecule is CS(=O)(=O)N1CCN(C(=O)C(CCN[C@@H]2C[C@H]2c2ccc(F)cc2)NC(=O)c2ccc3ccccc3c2)CC1. The molecule has 39 heavy (non-hydrogen) atoms. The number of fused-ring (bicyclic) bond motifs is 1. The summed E-state index contributed by atoms with van der Waals surface area (Å²) in [6.07, 6.45) is 2.48. The third kappa shape index (κ3) is 6.63. The second-order valence-electron chi connectivity index (χ2n) is 10.3. The number of hydrogen-bond donors (Lipinski definition) is 2. The Bertz CT molecular complexity index is 1460. The van der Waals surface area contributed by atoms with Gasteiger partial charge in [-0.05, 0) is 60.0 Å². The molecule has 1 saturated heterocycles. The van der Waals surface area contributed by atoms with E-state index in [0.717, 1.165) is 22.8 Å². The van der Waals surface area contributed by atoms with E-state index in [1.54, 1.807) is 23.1 Å². The summed E-state index contributed by atoms with van der Waals surface area (Å²) in [6, 6.07) is 19.2. The molecule has 0 spiro atoms. The molecular weight excluding hydrogens is 519 g/mol. The van der Waals surface area contributed by atoms with Gasteiger partial charge >= 0.3 is 0 Å². The number of nitrogens with zero attached hydrogens (tertiary/aromatic N) is 2. The summed E-state index contributed by atoms with van der Waals surface area (Å²) in [7, 11) is -3.32. The van der Waals surface area contributed by atoms with E-state index in [0.29, 0.717) is 24.4 Å². The van der Waals surface area contributed by atoms with Crippen molar-refractivity contribution in [1.82, 2.24) is 19.8 Å². The maximum Gasteiger partial charge on any atom is 0.251 e. The molecule has 0 aromatic heterocycles. The van der Waals surface area contributed by atoms with Crippen LogP contribution in [0.5, 0.6) is 0 Å². The molecule has 3 aromatic rings. The standard InChI is InChI=1S/C29H33FN4O4S/c1-39(37,38)34-16-14-33(15-17-34)29(36)26(12-13-31-27-19-25(27)21-8-10-24(30)11-9-21)32-28(35)23-7-6-20-4-2-3-5-22(20)18-23/h2-11,18,25-27,31H,12-17,19H2,1H3,(H,32,35)/t25-,26?,27+/m0/s1. The van der Waals surface area contributed by atoms with Gasteiger partial charge in [-0.2, -0.15) is 4.31 Å². The fourth-order valence-electron chi connectivity index (χ4n) is 5.20. The van der Waals surface area contributed by atoms with Gasteiger partial charge in [-0.3, -0.25) is 9.59 Å². The molecular formula is C29H33FN4O4S. The first-order chi connectivity index (χ1) is 18.7. The monoisotopic (exact) mass is 552 g/mol. The molecule has 1 heterocycles. The quantitative estimate of drug-likeness (QED) is 0.426. The van der Waals surface area contributed by atoms with Gasteiger partial charge in [0.2, 0.25) is 15.9 Å². The van der Waals surface area contributed by atoms with E-state index in [-0.39, 0.29) is 49.9 Å². The van der Waals surface area contributed by atoms with Crippen molar-refractivity contribution >= 4 is 32.6 Å². The first-order valence-corrected chi connectivity index (χ1v) is 15.1. The molecule has 1 unspecified atom stereocenters. The van der Waals surface area contributed by atoms with Crippen molar-refractivity contribution in [3.8, 4) is 0 Å². The molecule has 3 aromatic carbocycles. The molecule has 10 heteroatoms. The first-order valence-electron chi connectivity index (χ1n) is 13.2. The second-order valence-corrected chi connectivity index (χ2v) is 12.3. The maximum absolute atomic E-state index is 13.5. The number of piperazine rings is 1. The van der Waals surface area contributed by atoms with Crippen LogP contribution in [0, 0.1) is 5.82 Å². The number of rotatable bonds is 9. The van der Waals surface area contributed by atoms with Crippen molar-refractivity contribution < 1.29 is 22.4 Å².